The second-order valence-corrected chi connectivity index (χ2v) is 6.54. The molecular formula is C20H18N4O2. The third kappa shape index (κ3) is 3.23. The van der Waals surface area contributed by atoms with E-state index in [-0.39, 0.29) is 0 Å². The minimum Gasteiger partial charge on any atom is -0.485 e. The van der Waals surface area contributed by atoms with E-state index in [0.29, 0.717) is 22.7 Å². The monoisotopic (exact) mass is 346 g/mol. The molecule has 3 rings (SSSR count). The van der Waals surface area contributed by atoms with Crippen LogP contribution in [0.2, 0.25) is 0 Å². The number of aliphatic hydroxyl groups is 1. The number of aliphatic imine (C=N–C) groups is 1. The molecule has 2 unspecified atom stereocenters. The molecule has 1 aliphatic rings. The molecule has 0 spiro atoms. The number of nitrogens with zero attached hydrogens (tertiary/aromatic N) is 3. The van der Waals surface area contributed by atoms with Gasteiger partial charge in [-0.25, -0.2) is 0 Å². The Labute approximate surface area is 152 Å². The van der Waals surface area contributed by atoms with Crippen LogP contribution in [0.25, 0.3) is 0 Å². The predicted molar refractivity (Wildman–Crippen MR) is 96.3 cm³/mol. The van der Waals surface area contributed by atoms with Gasteiger partial charge < -0.3 is 9.84 Å². The molecule has 0 fully saturated rings. The molecule has 0 bridgehead atoms. The van der Waals surface area contributed by atoms with Crippen LogP contribution in [0.5, 0.6) is 5.75 Å². The van der Waals surface area contributed by atoms with Crippen molar-refractivity contribution in [2.45, 2.75) is 31.6 Å². The van der Waals surface area contributed by atoms with E-state index >= 15 is 0 Å². The van der Waals surface area contributed by atoms with Gasteiger partial charge in [-0.05, 0) is 32.0 Å². The maximum atomic E-state index is 10.8. The Morgan fingerprint density at radius 3 is 2.58 bits per heavy atom. The molecule has 6 heteroatoms. The summed E-state index contributed by atoms with van der Waals surface area (Å²) in [4.78, 5) is 4.63. The quantitative estimate of drug-likeness (QED) is 0.377. The molecule has 1 aliphatic heterocycles. The molecular weight excluding hydrogens is 328 g/mol. The number of nitriles is 2. The summed E-state index contributed by atoms with van der Waals surface area (Å²) in [6, 6.07) is 15.7. The zero-order chi connectivity index (χ0) is 18.7. The molecule has 2 aromatic carbocycles. The van der Waals surface area contributed by atoms with Gasteiger partial charge in [0.05, 0.1) is 11.6 Å². The van der Waals surface area contributed by atoms with E-state index in [9.17, 15) is 10.4 Å². The lowest BCUT2D eigenvalue weighted by molar-refractivity contribution is -0.0566. The lowest BCUT2D eigenvalue weighted by atomic mass is 9.86. The Morgan fingerprint density at radius 2 is 1.92 bits per heavy atom. The number of ether oxygens (including phenoxy) is 1. The lowest BCUT2D eigenvalue weighted by Gasteiger charge is -2.40. The van der Waals surface area contributed by atoms with Crippen LogP contribution in [0.3, 0.4) is 0 Å². The minimum absolute atomic E-state index is 0.350. The topological polar surface area (TPSA) is 101 Å². The molecule has 2 N–H and O–H groups in total. The normalized spacial score (nSPS) is 20.9. The van der Waals surface area contributed by atoms with Crippen LogP contribution in [-0.4, -0.2) is 22.6 Å². The first-order valence-electron chi connectivity index (χ1n) is 8.15. The van der Waals surface area contributed by atoms with Crippen molar-refractivity contribution in [3.63, 3.8) is 0 Å². The van der Waals surface area contributed by atoms with Gasteiger partial charge in [0.25, 0.3) is 0 Å². The van der Waals surface area contributed by atoms with Crippen molar-refractivity contribution in [1.29, 1.82) is 10.5 Å². The van der Waals surface area contributed by atoms with Crippen molar-refractivity contribution in [3.05, 3.63) is 65.2 Å². The van der Waals surface area contributed by atoms with Crippen molar-refractivity contribution in [2.24, 2.45) is 4.99 Å². The van der Waals surface area contributed by atoms with E-state index in [1.54, 1.807) is 32.0 Å². The average Bonchev–Trinajstić information content (AvgIpc) is 2.65. The van der Waals surface area contributed by atoms with Gasteiger partial charge in [0, 0.05) is 11.1 Å². The Hall–Kier alpha value is -3.35. The summed E-state index contributed by atoms with van der Waals surface area (Å²) >= 11 is 0. The average molecular weight is 346 g/mol. The highest BCUT2D eigenvalue weighted by Gasteiger charge is 2.43. The number of hydrogen-bond donors (Lipinski definition) is 2. The summed E-state index contributed by atoms with van der Waals surface area (Å²) < 4.78 is 5.89. The van der Waals surface area contributed by atoms with Crippen LogP contribution in [0, 0.1) is 22.8 Å². The second kappa shape index (κ2) is 6.87. The summed E-state index contributed by atoms with van der Waals surface area (Å²) in [5, 5.41) is 31.7. The second-order valence-electron chi connectivity index (χ2n) is 6.54. The lowest BCUT2D eigenvalue weighted by Crippen LogP contribution is -2.48. The molecule has 0 saturated heterocycles. The maximum Gasteiger partial charge on any atom is 0.182 e. The van der Waals surface area contributed by atoms with Crippen molar-refractivity contribution in [2.75, 3.05) is 0 Å². The van der Waals surface area contributed by atoms with E-state index in [0.717, 1.165) is 5.56 Å². The van der Waals surface area contributed by atoms with Gasteiger partial charge >= 0.3 is 0 Å². The highest BCUT2D eigenvalue weighted by Crippen LogP contribution is 2.42. The van der Waals surface area contributed by atoms with Gasteiger partial charge in [-0.1, -0.05) is 30.3 Å². The Morgan fingerprint density at radius 1 is 1.19 bits per heavy atom. The van der Waals surface area contributed by atoms with Gasteiger partial charge in [0.15, 0.2) is 6.19 Å². The summed E-state index contributed by atoms with van der Waals surface area (Å²) in [6.45, 7) is 3.56. The Kier molecular flexibility index (Phi) is 4.62. The summed E-state index contributed by atoms with van der Waals surface area (Å²) in [6.07, 6.45) is 0.937. The van der Waals surface area contributed by atoms with Crippen LogP contribution in [0.1, 0.15) is 36.6 Å². The van der Waals surface area contributed by atoms with E-state index < -0.39 is 17.7 Å². The summed E-state index contributed by atoms with van der Waals surface area (Å²) in [5.41, 5.74) is 0.922. The molecule has 0 saturated carbocycles. The Bertz CT molecular complexity index is 923. The maximum absolute atomic E-state index is 10.8. The number of amidine groups is 1. The zero-order valence-corrected chi connectivity index (χ0v) is 14.5. The number of rotatable bonds is 2. The van der Waals surface area contributed by atoms with Crippen molar-refractivity contribution >= 4 is 5.84 Å². The fraction of sp³-hybridized carbons (Fsp3) is 0.250. The number of aliphatic hydroxyl groups excluding tert-OH is 1. The highest BCUT2D eigenvalue weighted by molar-refractivity contribution is 5.99. The largest absolute Gasteiger partial charge is 0.485 e. The summed E-state index contributed by atoms with van der Waals surface area (Å²) in [5.74, 6) is 0.917. The van der Waals surface area contributed by atoms with Crippen LogP contribution in [-0.2, 0) is 0 Å². The molecule has 0 radical (unpaired) electrons. The number of fused-ring (bicyclic) bond motifs is 1. The zero-order valence-electron chi connectivity index (χ0n) is 14.5. The van der Waals surface area contributed by atoms with Gasteiger partial charge in [0.2, 0.25) is 0 Å². The fourth-order valence-corrected chi connectivity index (χ4v) is 2.94. The van der Waals surface area contributed by atoms with Crippen molar-refractivity contribution in [3.8, 4) is 18.0 Å². The highest BCUT2D eigenvalue weighted by atomic mass is 16.5. The van der Waals surface area contributed by atoms with E-state index in [1.165, 1.54) is 0 Å². The van der Waals surface area contributed by atoms with E-state index in [1.807, 2.05) is 36.5 Å². The first kappa shape index (κ1) is 17.5. The van der Waals surface area contributed by atoms with Crippen molar-refractivity contribution < 1.29 is 9.84 Å². The first-order valence-corrected chi connectivity index (χ1v) is 8.15. The van der Waals surface area contributed by atoms with Crippen LogP contribution < -0.4 is 10.1 Å². The van der Waals surface area contributed by atoms with Crippen molar-refractivity contribution in [1.82, 2.24) is 5.32 Å². The van der Waals surface area contributed by atoms with E-state index in [4.69, 9.17) is 10.00 Å². The fourth-order valence-electron chi connectivity index (χ4n) is 2.94. The first-order chi connectivity index (χ1) is 12.5. The smallest absolute Gasteiger partial charge is 0.182 e. The number of nitrogens with one attached hydrogen (secondary N) is 1. The van der Waals surface area contributed by atoms with Crippen LogP contribution >= 0.6 is 0 Å². The molecule has 0 amide bonds. The standard InChI is InChI=1S/C20H18N4O2/c1-20(2)18(25)17(15-10-13(11-21)8-9-16(15)26-20)24-19(23-12-22)14-6-4-3-5-7-14/h3-10,17-18,25H,1-2H3,(H,23,24). The van der Waals surface area contributed by atoms with Gasteiger partial charge in [0.1, 0.15) is 29.3 Å². The molecule has 6 nitrogen and oxygen atoms in total. The van der Waals surface area contributed by atoms with Gasteiger partial charge in [-0.3, -0.25) is 10.3 Å². The van der Waals surface area contributed by atoms with Crippen LogP contribution in [0.4, 0.5) is 0 Å². The molecule has 2 aromatic rings. The SMILES string of the molecule is CC1(C)Oc2ccc(C#N)cc2C(N=C(NC#N)c2ccccc2)C1O. The molecule has 1 heterocycles. The molecule has 2 atom stereocenters. The molecule has 130 valence electrons. The molecule has 0 aromatic heterocycles. The number of hydrogen-bond acceptors (Lipinski definition) is 5. The Balaban J connectivity index is 2.15. The summed E-state index contributed by atoms with van der Waals surface area (Å²) in [7, 11) is 0. The molecule has 26 heavy (non-hydrogen) atoms. The van der Waals surface area contributed by atoms with Gasteiger partial charge in [-0.15, -0.1) is 0 Å². The third-order valence-electron chi connectivity index (χ3n) is 4.33. The van der Waals surface area contributed by atoms with E-state index in [2.05, 4.69) is 16.4 Å². The molecule has 0 aliphatic carbocycles. The number of benzene rings is 2. The predicted octanol–water partition coefficient (Wildman–Crippen LogP) is 2.65. The third-order valence-corrected chi connectivity index (χ3v) is 4.33. The van der Waals surface area contributed by atoms with Gasteiger partial charge in [-0.2, -0.15) is 10.5 Å². The minimum atomic E-state index is -0.955. The van der Waals surface area contributed by atoms with Crippen LogP contribution in [0.15, 0.2) is 53.5 Å².